The molecular formula is C31H35FLiN3O3-2. The zero-order chi connectivity index (χ0) is 27.7. The molecule has 0 saturated heterocycles. The number of halogens is 1. The van der Waals surface area contributed by atoms with Crippen molar-refractivity contribution in [1.29, 1.82) is 0 Å². The van der Waals surface area contributed by atoms with E-state index >= 15 is 0 Å². The summed E-state index contributed by atoms with van der Waals surface area (Å²) in [7, 11) is 3.21. The Labute approximate surface area is 243 Å². The predicted molar refractivity (Wildman–Crippen MR) is 149 cm³/mol. The monoisotopic (exact) mass is 523 g/mol. The van der Waals surface area contributed by atoms with Crippen LogP contribution in [0.25, 0.3) is 5.70 Å². The summed E-state index contributed by atoms with van der Waals surface area (Å²) in [4.78, 5) is 14.3. The first-order chi connectivity index (χ1) is 18.4. The van der Waals surface area contributed by atoms with E-state index in [-0.39, 0.29) is 30.6 Å². The number of allylic oxidation sites excluding steroid dienone is 3. The molecule has 6 nitrogen and oxygen atoms in total. The number of fused-ring (bicyclic) bond motifs is 1. The van der Waals surface area contributed by atoms with Gasteiger partial charge in [-0.3, -0.25) is 9.18 Å². The van der Waals surface area contributed by atoms with Crippen LogP contribution in [0.3, 0.4) is 0 Å². The quantitative estimate of drug-likeness (QED) is 0.353. The Morgan fingerprint density at radius 2 is 1.82 bits per heavy atom. The maximum absolute atomic E-state index is 12.7. The first kappa shape index (κ1) is 31.8. The number of aryl methyl sites for hydroxylation is 2. The molecule has 1 aromatic heterocycles. The van der Waals surface area contributed by atoms with Crippen LogP contribution in [-0.2, 0) is 12.8 Å². The van der Waals surface area contributed by atoms with Crippen LogP contribution in [0, 0.1) is 26.6 Å². The topological polar surface area (TPSA) is 56.6 Å². The van der Waals surface area contributed by atoms with Gasteiger partial charge in [-0.15, -0.1) is 24.7 Å². The number of benzene rings is 2. The molecule has 1 amide bonds. The van der Waals surface area contributed by atoms with Crippen molar-refractivity contribution in [1.82, 2.24) is 14.7 Å². The third-order valence-corrected chi connectivity index (χ3v) is 6.29. The van der Waals surface area contributed by atoms with Crippen LogP contribution in [0.4, 0.5) is 4.39 Å². The van der Waals surface area contributed by atoms with Crippen LogP contribution in [0.5, 0.6) is 11.5 Å². The molecular weight excluding hydrogens is 488 g/mol. The molecule has 0 radical (unpaired) electrons. The molecule has 4 rings (SSSR count). The van der Waals surface area contributed by atoms with Crippen molar-refractivity contribution >= 4 is 11.6 Å². The van der Waals surface area contributed by atoms with Crippen molar-refractivity contribution in [3.05, 3.63) is 115 Å². The minimum atomic E-state index is -0.209. The Morgan fingerprint density at radius 3 is 2.44 bits per heavy atom. The molecule has 0 saturated carbocycles. The normalized spacial score (nSPS) is 14.2. The molecule has 0 spiro atoms. The molecule has 0 N–H and O–H groups in total. The smallest absolute Gasteiger partial charge is 0.493 e. The second-order valence-electron chi connectivity index (χ2n) is 8.54. The van der Waals surface area contributed by atoms with Gasteiger partial charge in [-0.05, 0) is 43.2 Å². The second kappa shape index (κ2) is 15.3. The van der Waals surface area contributed by atoms with E-state index < -0.39 is 0 Å². The van der Waals surface area contributed by atoms with Crippen molar-refractivity contribution in [2.45, 2.75) is 26.2 Å². The number of rotatable bonds is 7. The molecule has 8 heteroatoms. The van der Waals surface area contributed by atoms with Gasteiger partial charge in [-0.25, -0.2) is 4.68 Å². The van der Waals surface area contributed by atoms with E-state index in [1.54, 1.807) is 25.2 Å². The molecule has 0 unspecified atom stereocenters. The average Bonchev–Trinajstić information content (AvgIpc) is 3.34. The number of ether oxygens (including phenoxy) is 2. The maximum Gasteiger partial charge on any atom is 1.00 e. The fourth-order valence-electron chi connectivity index (χ4n) is 4.09. The summed E-state index contributed by atoms with van der Waals surface area (Å²) in [5.41, 5.74) is 4.67. The summed E-state index contributed by atoms with van der Waals surface area (Å²) in [5.74, 6) is 0.923. The Hall–Kier alpha value is -3.40. The Kier molecular flexibility index (Phi) is 12.4. The van der Waals surface area contributed by atoms with Gasteiger partial charge in [0.05, 0.1) is 19.9 Å². The first-order valence-electron chi connectivity index (χ1n) is 12.5. The Morgan fingerprint density at radius 1 is 1.10 bits per heavy atom. The third-order valence-electron chi connectivity index (χ3n) is 6.29. The van der Waals surface area contributed by atoms with Gasteiger partial charge in [0.1, 0.15) is 0 Å². The zero-order valence-corrected chi connectivity index (χ0v) is 23.4. The number of carbonyl (C=O) groups is 1. The number of nitrogens with zero attached hydrogens (tertiary/aromatic N) is 3. The van der Waals surface area contributed by atoms with Crippen LogP contribution in [0.15, 0.2) is 60.7 Å². The summed E-state index contributed by atoms with van der Waals surface area (Å²) in [6.45, 7) is 13.9. The van der Waals surface area contributed by atoms with E-state index in [2.05, 4.69) is 31.9 Å². The maximum atomic E-state index is 12.7. The number of hydrogen-bond acceptors (Lipinski definition) is 4. The zero-order valence-electron chi connectivity index (χ0n) is 23.4. The number of carbonyl (C=O) groups excluding carboxylic acids is 1. The van der Waals surface area contributed by atoms with Crippen LogP contribution in [-0.4, -0.2) is 47.9 Å². The van der Waals surface area contributed by atoms with Crippen LogP contribution < -0.4 is 28.3 Å². The molecule has 0 aliphatic carbocycles. The van der Waals surface area contributed by atoms with Crippen LogP contribution in [0.2, 0.25) is 0 Å². The number of amides is 1. The first-order valence-corrected chi connectivity index (χ1v) is 12.5. The van der Waals surface area contributed by atoms with E-state index in [0.717, 1.165) is 41.8 Å². The van der Waals surface area contributed by atoms with E-state index in [1.165, 1.54) is 6.07 Å². The van der Waals surface area contributed by atoms with Crippen molar-refractivity contribution < 1.29 is 37.5 Å². The van der Waals surface area contributed by atoms with Crippen molar-refractivity contribution in [3.8, 4) is 11.5 Å². The van der Waals surface area contributed by atoms with Gasteiger partial charge in [0.25, 0.3) is 5.91 Å². The van der Waals surface area contributed by atoms with Gasteiger partial charge in [0.2, 0.25) is 0 Å². The largest absolute Gasteiger partial charge is 1.00 e. The molecule has 0 fully saturated rings. The summed E-state index contributed by atoms with van der Waals surface area (Å²) < 4.78 is 25.3. The molecule has 1 aliphatic rings. The molecule has 2 heterocycles. The van der Waals surface area contributed by atoms with Gasteiger partial charge in [0.15, 0.2) is 17.2 Å². The molecule has 0 bridgehead atoms. The second-order valence-corrected chi connectivity index (χ2v) is 8.54. The van der Waals surface area contributed by atoms with Crippen molar-refractivity contribution in [2.75, 3.05) is 27.3 Å². The van der Waals surface area contributed by atoms with Crippen molar-refractivity contribution in [2.24, 2.45) is 0 Å². The number of hydrogen-bond donors (Lipinski definition) is 0. The van der Waals surface area contributed by atoms with Gasteiger partial charge in [-0.1, -0.05) is 37.6 Å². The predicted octanol–water partition coefficient (Wildman–Crippen LogP) is 2.98. The molecule has 0 atom stereocenters. The van der Waals surface area contributed by atoms with Gasteiger partial charge in [0, 0.05) is 17.1 Å². The molecule has 3 aromatic rings. The Balaban J connectivity index is 0.000000410. The van der Waals surface area contributed by atoms with Crippen molar-refractivity contribution in [3.63, 3.8) is 0 Å². The van der Waals surface area contributed by atoms with Gasteiger partial charge in [-0.2, -0.15) is 17.6 Å². The van der Waals surface area contributed by atoms with Gasteiger partial charge < -0.3 is 28.2 Å². The van der Waals surface area contributed by atoms with E-state index in [1.807, 2.05) is 54.1 Å². The fourth-order valence-corrected chi connectivity index (χ4v) is 4.09. The molecule has 39 heavy (non-hydrogen) atoms. The van der Waals surface area contributed by atoms with E-state index in [4.69, 9.17) is 9.47 Å². The van der Waals surface area contributed by atoms with E-state index in [0.29, 0.717) is 35.8 Å². The van der Waals surface area contributed by atoms with E-state index in [9.17, 15) is 9.18 Å². The summed E-state index contributed by atoms with van der Waals surface area (Å²) in [6.07, 6.45) is 8.62. The fraction of sp³-hybridized carbons (Fsp3) is 0.258. The summed E-state index contributed by atoms with van der Waals surface area (Å²) in [5, 5.41) is 4.62. The molecule has 2 aromatic carbocycles. The standard InChI is InChI=1S/C22H25N3O3.C9H10F.Li/c1-5-24(6-2)22(26)18-15-17-10-8-7-9-11-19(25(17)23-18)16-12-13-20(27-3)21(14-16)28-4;1-3-8-5-4-6-9(10)7(8)2;/h7,9,11-15H,1-2,5-6,8,10H2,3-4H3;4-6H,2-3H2,1H3;/q-2;-1;+1/b9-7-,19-11-;;. The molecule has 202 valence electrons. The number of methoxy groups -OCH3 is 2. The summed E-state index contributed by atoms with van der Waals surface area (Å²) in [6, 6.07) is 12.6. The van der Waals surface area contributed by atoms with Crippen LogP contribution in [0.1, 0.15) is 46.2 Å². The number of aromatic nitrogens is 2. The SMILES string of the molecule is [CH2-]CN(C[CH2-])C(=O)c1cc2n(n1)/C(c1ccc(OC)c(OC)c1)=C\C=C/CC2.[CH2-]c1c(F)cccc1CC.[Li+]. The third kappa shape index (κ3) is 7.59. The van der Waals surface area contributed by atoms with Crippen LogP contribution >= 0.6 is 0 Å². The molecule has 1 aliphatic heterocycles. The Bertz CT molecular complexity index is 1310. The minimum Gasteiger partial charge on any atom is -0.493 e. The average molecular weight is 524 g/mol. The summed E-state index contributed by atoms with van der Waals surface area (Å²) >= 11 is 0. The van der Waals surface area contributed by atoms with Gasteiger partial charge >= 0.3 is 18.9 Å². The minimum absolute atomic E-state index is 0.